The molecule has 0 fully saturated rings. The number of hydrogen-bond donors (Lipinski definition) is 2. The fourth-order valence-electron chi connectivity index (χ4n) is 1.87. The molecular weight excluding hydrogens is 336 g/mol. The number of rotatable bonds is 4. The molecule has 0 saturated heterocycles. The van der Waals surface area contributed by atoms with E-state index in [-0.39, 0.29) is 37.7 Å². The number of aromatic carboxylic acids is 2. The number of carboxylic acid groups (broad SMARTS) is 2. The van der Waals surface area contributed by atoms with Crippen LogP contribution in [-0.2, 0) is 9.84 Å². The van der Waals surface area contributed by atoms with Crippen LogP contribution in [0, 0.1) is 0 Å². The molecule has 0 heterocycles. The zero-order valence-electron chi connectivity index (χ0n) is 11.3. The van der Waals surface area contributed by atoms with Gasteiger partial charge in [0.25, 0.3) is 0 Å². The maximum Gasteiger partial charge on any atom is 2.00 e. The predicted octanol–water partition coefficient (Wildman–Crippen LogP) is 1.54. The summed E-state index contributed by atoms with van der Waals surface area (Å²) in [6, 6.07) is 10.1. The molecule has 0 atom stereocenters. The van der Waals surface area contributed by atoms with Gasteiger partial charge in [0.2, 0.25) is 9.84 Å². The first-order chi connectivity index (χ1) is 9.85. The van der Waals surface area contributed by atoms with Crippen molar-refractivity contribution in [2.75, 3.05) is 0 Å². The van der Waals surface area contributed by atoms with Crippen LogP contribution in [0.3, 0.4) is 0 Å². The summed E-state index contributed by atoms with van der Waals surface area (Å²) in [7, 11) is -4.25. The van der Waals surface area contributed by atoms with Crippen molar-refractivity contribution in [2.24, 2.45) is 0 Å². The predicted molar refractivity (Wildman–Crippen MR) is 78.0 cm³/mol. The number of carboxylic acids is 2. The summed E-state index contributed by atoms with van der Waals surface area (Å²) in [5, 5.41) is 18.1. The van der Waals surface area contributed by atoms with E-state index in [0.717, 1.165) is 24.3 Å². The van der Waals surface area contributed by atoms with Crippen LogP contribution in [-0.4, -0.2) is 68.3 Å². The minimum Gasteiger partial charge on any atom is -0.478 e. The van der Waals surface area contributed by atoms with Gasteiger partial charge in [0, 0.05) is 0 Å². The Labute approximate surface area is 156 Å². The standard InChI is InChI=1S/C14H10O6S.Ca/c15-13(16)9-5-1-3-7-11(9)21(19,20)12-8-4-2-6-10(12)14(17)18;/h1-8H,(H,15,16)(H,17,18);/q;+2. The van der Waals surface area contributed by atoms with E-state index in [4.69, 9.17) is 10.2 Å². The van der Waals surface area contributed by atoms with Crippen LogP contribution in [0.4, 0.5) is 0 Å². The van der Waals surface area contributed by atoms with Crippen molar-refractivity contribution in [3.8, 4) is 0 Å². The van der Waals surface area contributed by atoms with Crippen molar-refractivity contribution in [1.82, 2.24) is 0 Å². The second-order valence-electron chi connectivity index (χ2n) is 4.11. The Morgan fingerprint density at radius 2 is 1.05 bits per heavy atom. The summed E-state index contributed by atoms with van der Waals surface area (Å²) >= 11 is 0. The van der Waals surface area contributed by atoms with Gasteiger partial charge in [-0.1, -0.05) is 24.3 Å². The number of carbonyl (C=O) groups is 2. The normalized spacial score (nSPS) is 10.5. The van der Waals surface area contributed by atoms with E-state index in [9.17, 15) is 18.0 Å². The van der Waals surface area contributed by atoms with Crippen LogP contribution in [0.2, 0.25) is 0 Å². The third-order valence-corrected chi connectivity index (χ3v) is 4.68. The summed E-state index contributed by atoms with van der Waals surface area (Å²) in [5.74, 6) is -2.80. The molecule has 108 valence electrons. The SMILES string of the molecule is O=C(O)c1ccccc1S(=O)(=O)c1ccccc1C(=O)O.[Ca+2]. The molecule has 0 amide bonds. The van der Waals surface area contributed by atoms with Crippen molar-refractivity contribution < 1.29 is 28.2 Å². The topological polar surface area (TPSA) is 109 Å². The fourth-order valence-corrected chi connectivity index (χ4v) is 3.52. The van der Waals surface area contributed by atoms with Crippen LogP contribution in [0.25, 0.3) is 0 Å². The van der Waals surface area contributed by atoms with Gasteiger partial charge in [0.1, 0.15) is 0 Å². The molecule has 22 heavy (non-hydrogen) atoms. The first-order valence-electron chi connectivity index (χ1n) is 5.75. The molecule has 0 spiro atoms. The number of sulfone groups is 1. The molecule has 2 N–H and O–H groups in total. The van der Waals surface area contributed by atoms with Gasteiger partial charge in [-0.05, 0) is 24.3 Å². The van der Waals surface area contributed by atoms with Crippen molar-refractivity contribution >= 4 is 59.5 Å². The molecule has 0 unspecified atom stereocenters. The maximum absolute atomic E-state index is 12.6. The Bertz CT molecular complexity index is 765. The molecule has 2 rings (SSSR count). The van der Waals surface area contributed by atoms with E-state index in [1.807, 2.05) is 0 Å². The summed E-state index contributed by atoms with van der Waals surface area (Å²) in [5.41, 5.74) is -0.810. The molecule has 0 radical (unpaired) electrons. The molecule has 2 aromatic rings. The first kappa shape index (κ1) is 18.6. The monoisotopic (exact) mass is 346 g/mol. The second-order valence-corrected chi connectivity index (χ2v) is 5.99. The Morgan fingerprint density at radius 3 is 1.36 bits per heavy atom. The third-order valence-electron chi connectivity index (χ3n) is 2.81. The van der Waals surface area contributed by atoms with Crippen LogP contribution in [0.1, 0.15) is 20.7 Å². The van der Waals surface area contributed by atoms with E-state index < -0.39 is 42.7 Å². The van der Waals surface area contributed by atoms with E-state index in [1.165, 1.54) is 24.3 Å². The van der Waals surface area contributed by atoms with Gasteiger partial charge in [-0.15, -0.1) is 0 Å². The molecule has 2 aromatic carbocycles. The Hall–Kier alpha value is -1.41. The Balaban J connectivity index is 0.00000242. The van der Waals surface area contributed by atoms with E-state index in [1.54, 1.807) is 0 Å². The van der Waals surface area contributed by atoms with Crippen LogP contribution in [0.15, 0.2) is 58.3 Å². The smallest absolute Gasteiger partial charge is 0.478 e. The quantitative estimate of drug-likeness (QED) is 0.813. The van der Waals surface area contributed by atoms with Crippen molar-refractivity contribution in [3.05, 3.63) is 59.7 Å². The average Bonchev–Trinajstić information content (AvgIpc) is 2.47. The molecule has 6 nitrogen and oxygen atoms in total. The van der Waals surface area contributed by atoms with Crippen molar-refractivity contribution in [2.45, 2.75) is 9.79 Å². The molecule has 0 saturated carbocycles. The minimum absolute atomic E-state index is 0. The Kier molecular flexibility index (Phi) is 6.13. The molecule has 0 aromatic heterocycles. The van der Waals surface area contributed by atoms with Gasteiger partial charge >= 0.3 is 49.7 Å². The molecule has 0 aliphatic carbocycles. The molecule has 0 aliphatic rings. The van der Waals surface area contributed by atoms with Crippen molar-refractivity contribution in [3.63, 3.8) is 0 Å². The maximum atomic E-state index is 12.6. The van der Waals surface area contributed by atoms with Crippen LogP contribution in [0.5, 0.6) is 0 Å². The van der Waals surface area contributed by atoms with Gasteiger partial charge in [-0.25, -0.2) is 18.0 Å². The van der Waals surface area contributed by atoms with Crippen molar-refractivity contribution in [1.29, 1.82) is 0 Å². The minimum atomic E-state index is -4.25. The van der Waals surface area contributed by atoms with E-state index in [2.05, 4.69) is 0 Å². The van der Waals surface area contributed by atoms with E-state index >= 15 is 0 Å². The first-order valence-corrected chi connectivity index (χ1v) is 7.23. The summed E-state index contributed by atoms with van der Waals surface area (Å²) in [6.45, 7) is 0. The molecular formula is C14H10CaO6S+2. The zero-order valence-corrected chi connectivity index (χ0v) is 14.3. The summed E-state index contributed by atoms with van der Waals surface area (Å²) in [6.07, 6.45) is 0. The number of benzene rings is 2. The van der Waals surface area contributed by atoms with E-state index in [0.29, 0.717) is 0 Å². The molecule has 8 heteroatoms. The third kappa shape index (κ3) is 3.49. The van der Waals surface area contributed by atoms with Gasteiger partial charge < -0.3 is 10.2 Å². The zero-order chi connectivity index (χ0) is 15.6. The van der Waals surface area contributed by atoms with Gasteiger partial charge in [-0.3, -0.25) is 0 Å². The van der Waals surface area contributed by atoms with Crippen LogP contribution < -0.4 is 0 Å². The van der Waals surface area contributed by atoms with Crippen LogP contribution >= 0.6 is 0 Å². The molecule has 0 bridgehead atoms. The largest absolute Gasteiger partial charge is 2.00 e. The second kappa shape index (κ2) is 7.23. The van der Waals surface area contributed by atoms with Gasteiger partial charge in [-0.2, -0.15) is 0 Å². The summed E-state index contributed by atoms with van der Waals surface area (Å²) in [4.78, 5) is 21.4. The average molecular weight is 346 g/mol. The van der Waals surface area contributed by atoms with Gasteiger partial charge in [0.15, 0.2) is 0 Å². The molecule has 0 aliphatic heterocycles. The van der Waals surface area contributed by atoms with Gasteiger partial charge in [0.05, 0.1) is 20.9 Å². The fraction of sp³-hybridized carbons (Fsp3) is 0. The summed E-state index contributed by atoms with van der Waals surface area (Å²) < 4.78 is 25.1. The Morgan fingerprint density at radius 1 is 0.727 bits per heavy atom. The number of hydrogen-bond acceptors (Lipinski definition) is 4.